The second-order valence-corrected chi connectivity index (χ2v) is 10.7. The van der Waals surface area contributed by atoms with Gasteiger partial charge in [0.25, 0.3) is 5.91 Å². The van der Waals surface area contributed by atoms with Crippen LogP contribution in [0.3, 0.4) is 0 Å². The molecule has 43 heavy (non-hydrogen) atoms. The molecule has 10 nitrogen and oxygen atoms in total. The molecule has 0 saturated carbocycles. The highest BCUT2D eigenvalue weighted by Gasteiger charge is 2.29. The van der Waals surface area contributed by atoms with Crippen LogP contribution in [0.4, 0.5) is 17.1 Å². The number of nitrogens with one attached hydrogen (secondary N) is 2. The second kappa shape index (κ2) is 13.8. The van der Waals surface area contributed by atoms with Gasteiger partial charge in [-0.1, -0.05) is 36.4 Å². The molecule has 224 valence electrons. The second-order valence-electron chi connectivity index (χ2n) is 10.7. The first kappa shape index (κ1) is 31.0. The quantitative estimate of drug-likeness (QED) is 0.258. The molecule has 0 spiro atoms. The number of likely N-dealkylation sites (N-methyl/N-ethyl adjacent to an activating group) is 1. The summed E-state index contributed by atoms with van der Waals surface area (Å²) < 4.78 is 4.82. The van der Waals surface area contributed by atoms with E-state index in [-0.39, 0.29) is 24.3 Å². The van der Waals surface area contributed by atoms with Crippen molar-refractivity contribution >= 4 is 52.0 Å². The Bertz CT molecular complexity index is 1530. The normalized spacial score (nSPS) is 13.2. The van der Waals surface area contributed by atoms with E-state index in [1.807, 2.05) is 61.5 Å². The third-order valence-corrected chi connectivity index (χ3v) is 7.04. The Morgan fingerprint density at radius 2 is 1.56 bits per heavy atom. The molecule has 0 unspecified atom stereocenters. The van der Waals surface area contributed by atoms with Crippen LogP contribution in [0.2, 0.25) is 0 Å². The first-order valence-electron chi connectivity index (χ1n) is 13.9. The minimum atomic E-state index is -0.492. The van der Waals surface area contributed by atoms with Crippen molar-refractivity contribution in [3.8, 4) is 0 Å². The summed E-state index contributed by atoms with van der Waals surface area (Å²) in [5.41, 5.74) is 4.58. The van der Waals surface area contributed by atoms with E-state index in [1.165, 1.54) is 16.9 Å². The van der Waals surface area contributed by atoms with Gasteiger partial charge < -0.3 is 30.1 Å². The summed E-state index contributed by atoms with van der Waals surface area (Å²) in [6.45, 7) is 0.701. The van der Waals surface area contributed by atoms with Gasteiger partial charge in [0.05, 0.1) is 29.6 Å². The number of methoxy groups -OCH3 is 1. The first-order chi connectivity index (χ1) is 20.6. The molecule has 1 heterocycles. The Balaban J connectivity index is 1.68. The van der Waals surface area contributed by atoms with Crippen molar-refractivity contribution in [2.24, 2.45) is 0 Å². The summed E-state index contributed by atoms with van der Waals surface area (Å²) >= 11 is 0. The smallest absolute Gasteiger partial charge is 0.337 e. The predicted molar refractivity (Wildman–Crippen MR) is 169 cm³/mol. The maximum absolute atomic E-state index is 13.3. The van der Waals surface area contributed by atoms with Crippen molar-refractivity contribution < 1.29 is 23.9 Å². The highest BCUT2D eigenvalue weighted by Crippen LogP contribution is 2.38. The average Bonchev–Trinajstić information content (AvgIpc) is 3.33. The van der Waals surface area contributed by atoms with Crippen LogP contribution >= 0.6 is 0 Å². The molecule has 0 aliphatic carbocycles. The zero-order chi connectivity index (χ0) is 31.1. The Labute approximate surface area is 251 Å². The van der Waals surface area contributed by atoms with Crippen LogP contribution in [0, 0.1) is 0 Å². The van der Waals surface area contributed by atoms with E-state index in [0.717, 1.165) is 12.1 Å². The van der Waals surface area contributed by atoms with Gasteiger partial charge in [-0.3, -0.25) is 14.4 Å². The number of carbonyl (C=O) groups is 4. The first-order valence-corrected chi connectivity index (χ1v) is 13.9. The van der Waals surface area contributed by atoms with Crippen LogP contribution in [0.15, 0.2) is 72.8 Å². The summed E-state index contributed by atoms with van der Waals surface area (Å²) in [7, 11) is 8.54. The molecule has 3 aromatic rings. The molecule has 0 atom stereocenters. The monoisotopic (exact) mass is 583 g/mol. The zero-order valence-corrected chi connectivity index (χ0v) is 25.1. The van der Waals surface area contributed by atoms with E-state index in [0.29, 0.717) is 52.3 Å². The third kappa shape index (κ3) is 7.47. The Hall–Kier alpha value is -4.96. The molecular weight excluding hydrogens is 546 g/mol. The van der Waals surface area contributed by atoms with Crippen molar-refractivity contribution in [3.05, 3.63) is 89.5 Å². The standard InChI is InChI=1S/C33H37N5O5/c1-36(2)19-9-12-28(39)38(21-29(40)37(3)4)25-16-14-24(15-17-25)34-31(22-10-7-6-8-11-22)30-26-18-13-23(33(42)43-5)20-27(26)35-32(30)41/h6-8,10-11,13-18,20,34H,9,12,19,21H2,1-5H3,(H,35,41)/b31-30+. The molecule has 2 N–H and O–H groups in total. The fourth-order valence-electron chi connectivity index (χ4n) is 4.70. The summed E-state index contributed by atoms with van der Waals surface area (Å²) in [5.74, 6) is -1.11. The highest BCUT2D eigenvalue weighted by molar-refractivity contribution is 6.37. The maximum Gasteiger partial charge on any atom is 0.337 e. The van der Waals surface area contributed by atoms with Crippen LogP contribution in [0.25, 0.3) is 11.3 Å². The SMILES string of the molecule is COC(=O)c1ccc2c(c1)NC(=O)/C2=C(/Nc1ccc(N(CC(=O)N(C)C)C(=O)CCCN(C)C)cc1)c1ccccc1. The zero-order valence-electron chi connectivity index (χ0n) is 25.1. The van der Waals surface area contributed by atoms with Crippen LogP contribution in [-0.4, -0.2) is 81.9 Å². The van der Waals surface area contributed by atoms with Gasteiger partial charge in [0, 0.05) is 37.5 Å². The molecule has 10 heteroatoms. The van der Waals surface area contributed by atoms with Gasteiger partial charge in [-0.25, -0.2) is 4.79 Å². The van der Waals surface area contributed by atoms with E-state index in [9.17, 15) is 19.2 Å². The molecule has 4 rings (SSSR count). The van der Waals surface area contributed by atoms with E-state index >= 15 is 0 Å². The third-order valence-electron chi connectivity index (χ3n) is 7.04. The van der Waals surface area contributed by atoms with Gasteiger partial charge in [0.2, 0.25) is 11.8 Å². The van der Waals surface area contributed by atoms with Gasteiger partial charge >= 0.3 is 5.97 Å². The number of ether oxygens (including phenoxy) is 1. The molecule has 0 radical (unpaired) electrons. The number of carbonyl (C=O) groups excluding carboxylic acids is 4. The van der Waals surface area contributed by atoms with Gasteiger partial charge in [-0.15, -0.1) is 0 Å². The minimum Gasteiger partial charge on any atom is -0.465 e. The summed E-state index contributed by atoms with van der Waals surface area (Å²) in [6, 6.07) is 21.6. The fourth-order valence-corrected chi connectivity index (χ4v) is 4.70. The highest BCUT2D eigenvalue weighted by atomic mass is 16.5. The van der Waals surface area contributed by atoms with Gasteiger partial charge in [0.15, 0.2) is 0 Å². The number of amides is 3. The molecule has 3 aromatic carbocycles. The number of anilines is 3. The predicted octanol–water partition coefficient (Wildman–Crippen LogP) is 4.17. The number of nitrogens with zero attached hydrogens (tertiary/aromatic N) is 3. The topological polar surface area (TPSA) is 111 Å². The van der Waals surface area contributed by atoms with E-state index in [4.69, 9.17) is 4.74 Å². The van der Waals surface area contributed by atoms with Gasteiger partial charge in [0.1, 0.15) is 6.54 Å². The molecule has 3 amide bonds. The number of esters is 1. The molecular formula is C33H37N5O5. The lowest BCUT2D eigenvalue weighted by molar-refractivity contribution is -0.129. The van der Waals surface area contributed by atoms with Crippen molar-refractivity contribution in [1.82, 2.24) is 9.80 Å². The summed E-state index contributed by atoms with van der Waals surface area (Å²) in [5, 5.41) is 6.26. The van der Waals surface area contributed by atoms with Crippen LogP contribution in [0.1, 0.15) is 34.3 Å². The number of hydrogen-bond acceptors (Lipinski definition) is 7. The lowest BCUT2D eigenvalue weighted by atomic mass is 9.99. The van der Waals surface area contributed by atoms with Crippen molar-refractivity contribution in [2.45, 2.75) is 12.8 Å². The lowest BCUT2D eigenvalue weighted by Crippen LogP contribution is -2.40. The fraction of sp³-hybridized carbons (Fsp3) is 0.273. The summed E-state index contributed by atoms with van der Waals surface area (Å²) in [6.07, 6.45) is 0.992. The van der Waals surface area contributed by atoms with E-state index in [2.05, 4.69) is 10.6 Å². The lowest BCUT2D eigenvalue weighted by Gasteiger charge is -2.25. The molecule has 0 saturated heterocycles. The molecule has 1 aliphatic heterocycles. The van der Waals surface area contributed by atoms with E-state index < -0.39 is 5.97 Å². The van der Waals surface area contributed by atoms with Crippen molar-refractivity contribution in [1.29, 1.82) is 0 Å². The molecule has 0 bridgehead atoms. The number of hydrogen-bond donors (Lipinski definition) is 2. The van der Waals surface area contributed by atoms with Gasteiger partial charge in [-0.2, -0.15) is 0 Å². The molecule has 1 aliphatic rings. The Morgan fingerprint density at radius 1 is 0.860 bits per heavy atom. The number of rotatable bonds is 11. The van der Waals surface area contributed by atoms with Crippen LogP contribution in [-0.2, 0) is 19.1 Å². The Morgan fingerprint density at radius 3 is 2.19 bits per heavy atom. The average molecular weight is 584 g/mol. The van der Waals surface area contributed by atoms with Crippen molar-refractivity contribution in [3.63, 3.8) is 0 Å². The maximum atomic E-state index is 13.3. The number of fused-ring (bicyclic) bond motifs is 1. The minimum absolute atomic E-state index is 0.0651. The van der Waals surface area contributed by atoms with Gasteiger partial charge in [-0.05, 0) is 69.0 Å². The molecule has 0 aromatic heterocycles. The van der Waals surface area contributed by atoms with Crippen LogP contribution in [0.5, 0.6) is 0 Å². The van der Waals surface area contributed by atoms with Crippen molar-refractivity contribution in [2.75, 3.05) is 63.9 Å². The Kier molecular flexibility index (Phi) is 9.95. The number of benzene rings is 3. The molecule has 0 fully saturated rings. The summed E-state index contributed by atoms with van der Waals surface area (Å²) in [4.78, 5) is 56.1. The van der Waals surface area contributed by atoms with E-state index in [1.54, 1.807) is 44.4 Å². The largest absolute Gasteiger partial charge is 0.465 e. The van der Waals surface area contributed by atoms with Crippen LogP contribution < -0.4 is 15.5 Å².